The standard InChI is InChI=1S/2Al.2Ca.Fe.3O4Si.H2O/c;;;;;3*1-5(2,3)4;/h;;;;;;;;1H2/q2*+3;3*+2;3*-4;. The zero-order chi connectivity index (χ0) is 13.5. The first-order valence-electron chi connectivity index (χ1n) is 2.45. The molecule has 0 aromatic carbocycles. The maximum Gasteiger partial charge on any atom is 3.00 e. The van der Waals surface area contributed by atoms with E-state index in [4.69, 9.17) is 57.5 Å². The monoisotopic (exact) mass is 484 g/mol. The van der Waals surface area contributed by atoms with E-state index in [1.54, 1.807) is 0 Å². The van der Waals surface area contributed by atoms with E-state index in [1.807, 2.05) is 0 Å². The summed E-state index contributed by atoms with van der Waals surface area (Å²) >= 11 is 0. The van der Waals surface area contributed by atoms with Gasteiger partial charge in [0.25, 0.3) is 0 Å². The smallest absolute Gasteiger partial charge is 0.894 e. The summed E-state index contributed by atoms with van der Waals surface area (Å²) in [5.74, 6) is 0. The third-order valence-electron chi connectivity index (χ3n) is 0. The van der Waals surface area contributed by atoms with Crippen molar-refractivity contribution >= 4 is 137 Å². The van der Waals surface area contributed by atoms with Gasteiger partial charge in [0.15, 0.2) is 0 Å². The van der Waals surface area contributed by atoms with E-state index in [-0.39, 0.29) is 133 Å². The van der Waals surface area contributed by atoms with E-state index in [9.17, 15) is 0 Å². The molecule has 0 atom stereocenters. The van der Waals surface area contributed by atoms with Crippen molar-refractivity contribution in [2.24, 2.45) is 0 Å². The zero-order valence-corrected chi connectivity index (χ0v) is 20.7. The average molecular weight is 484 g/mol. The molecule has 0 bridgehead atoms. The molecule has 0 aliphatic carbocycles. The van der Waals surface area contributed by atoms with E-state index in [2.05, 4.69) is 0 Å². The van der Waals surface area contributed by atoms with Crippen molar-refractivity contribution < 1.29 is 80.1 Å². The van der Waals surface area contributed by atoms with Crippen LogP contribution in [0, 0.1) is 0 Å². The molecule has 0 amide bonds. The molecule has 0 unspecified atom stereocenters. The molecule has 0 radical (unpaired) electrons. The summed E-state index contributed by atoms with van der Waals surface area (Å²) in [7, 11) is -16.8. The predicted molar refractivity (Wildman–Crippen MR) is 43.9 cm³/mol. The van der Waals surface area contributed by atoms with Crippen LogP contribution in [0.2, 0.25) is 0 Å². The van der Waals surface area contributed by atoms with E-state index < -0.39 is 27.1 Å². The molecule has 0 aliphatic heterocycles. The molecule has 21 heteroatoms. The summed E-state index contributed by atoms with van der Waals surface area (Å²) in [5, 5.41) is 0. The molecule has 0 saturated carbocycles. The Balaban J connectivity index is -0.0000000129. The van der Waals surface area contributed by atoms with Gasteiger partial charge in [-0.25, -0.2) is 0 Å². The third kappa shape index (κ3) is 668. The minimum Gasteiger partial charge on any atom is -0.894 e. The minimum absolute atomic E-state index is 0. The normalized spacial score (nSPS) is 8.57. The fraction of sp³-hybridized carbons (Fsp3) is 0. The SMILES string of the molecule is O.[Al+3].[Al+3].[Ca+2].[Ca+2].[Fe+2].[O-][Si]([O-])([O-])[O-].[O-][Si]([O-])([O-])[O-].[O-][Si]([O-])([O-])[O-]. The van der Waals surface area contributed by atoms with Crippen LogP contribution in [0.5, 0.6) is 0 Å². The first kappa shape index (κ1) is 56.2. The number of hydrogen-bond donors (Lipinski definition) is 0. The first-order chi connectivity index (χ1) is 6.00. The van der Waals surface area contributed by atoms with Gasteiger partial charge in [-0.05, 0) is 0 Å². The van der Waals surface area contributed by atoms with Gasteiger partial charge in [-0.15, -0.1) is 0 Å². The Bertz CT molecular complexity index is 110. The van der Waals surface area contributed by atoms with Crippen LogP contribution < -0.4 is 57.5 Å². The molecule has 110 valence electrons. The Kier molecular flexibility index (Phi) is 70.9. The van der Waals surface area contributed by atoms with Gasteiger partial charge in [0.1, 0.15) is 0 Å². The second-order valence-electron chi connectivity index (χ2n) is 1.50. The topological polar surface area (TPSA) is 308 Å². The molecule has 0 fully saturated rings. The van der Waals surface area contributed by atoms with Crippen molar-refractivity contribution in [3.63, 3.8) is 0 Å². The van der Waals surface area contributed by atoms with Crippen LogP contribution in [0.1, 0.15) is 0 Å². The van der Waals surface area contributed by atoms with Crippen molar-refractivity contribution in [3.05, 3.63) is 0 Å². The average Bonchev–Trinajstić information content (AvgIpc) is 1.41. The molecule has 0 aliphatic rings. The summed E-state index contributed by atoms with van der Waals surface area (Å²) in [5.41, 5.74) is 0. The molecule has 0 spiro atoms. The fourth-order valence-electron chi connectivity index (χ4n) is 0. The molecule has 0 rings (SSSR count). The number of hydrogen-bond acceptors (Lipinski definition) is 12. The Labute approximate surface area is 214 Å². The summed E-state index contributed by atoms with van der Waals surface area (Å²) in [6.45, 7) is 0. The Morgan fingerprint density at radius 3 is 0.381 bits per heavy atom. The van der Waals surface area contributed by atoms with Crippen molar-refractivity contribution in [3.8, 4) is 0 Å². The van der Waals surface area contributed by atoms with E-state index in [0.717, 1.165) is 0 Å². The molecule has 2 N–H and O–H groups in total. The van der Waals surface area contributed by atoms with Gasteiger partial charge in [0.05, 0.1) is 0 Å². The number of rotatable bonds is 0. The van der Waals surface area contributed by atoms with Crippen molar-refractivity contribution in [1.29, 1.82) is 0 Å². The van der Waals surface area contributed by atoms with Gasteiger partial charge in [0.2, 0.25) is 0 Å². The van der Waals surface area contributed by atoms with Crippen molar-refractivity contribution in [2.45, 2.75) is 0 Å². The Hall–Kier alpha value is 4.23. The molecule has 0 aromatic heterocycles. The Morgan fingerprint density at radius 1 is 0.381 bits per heavy atom. The molecular formula is H2Al2Ca2FeO13Si3. The molecule has 13 nitrogen and oxygen atoms in total. The van der Waals surface area contributed by atoms with Crippen molar-refractivity contribution in [1.82, 2.24) is 0 Å². The third-order valence-corrected chi connectivity index (χ3v) is 0. The van der Waals surface area contributed by atoms with Crippen LogP contribution in [0.15, 0.2) is 0 Å². The fourth-order valence-corrected chi connectivity index (χ4v) is 0. The van der Waals surface area contributed by atoms with Gasteiger partial charge >= 0.3 is 127 Å². The van der Waals surface area contributed by atoms with Gasteiger partial charge in [-0.2, -0.15) is 0 Å². The summed E-state index contributed by atoms with van der Waals surface area (Å²) in [6, 6.07) is 0. The van der Waals surface area contributed by atoms with Gasteiger partial charge < -0.3 is 90.2 Å². The van der Waals surface area contributed by atoms with Gasteiger partial charge in [-0.1, -0.05) is 0 Å². The summed E-state index contributed by atoms with van der Waals surface area (Å²) in [4.78, 5) is 103. The second-order valence-corrected chi connectivity index (χ2v) is 4.50. The molecule has 0 saturated heterocycles. The Morgan fingerprint density at radius 2 is 0.381 bits per heavy atom. The maximum atomic E-state index is 8.58. The van der Waals surface area contributed by atoms with Crippen LogP contribution in [0.3, 0.4) is 0 Å². The van der Waals surface area contributed by atoms with Gasteiger partial charge in [0, 0.05) is 0 Å². The van der Waals surface area contributed by atoms with Crippen molar-refractivity contribution in [2.75, 3.05) is 0 Å². The summed E-state index contributed by atoms with van der Waals surface area (Å²) in [6.07, 6.45) is 0. The van der Waals surface area contributed by atoms with Crippen LogP contribution in [-0.4, -0.2) is 143 Å². The van der Waals surface area contributed by atoms with Crippen LogP contribution >= 0.6 is 0 Å². The second kappa shape index (κ2) is 26.5. The largest absolute Gasteiger partial charge is 3.00 e. The zero-order valence-electron chi connectivity index (χ0n) is 9.82. The van der Waals surface area contributed by atoms with Crippen LogP contribution in [0.25, 0.3) is 0 Å². The van der Waals surface area contributed by atoms with E-state index in [1.165, 1.54) is 0 Å². The molecule has 0 heterocycles. The molecule has 0 aromatic rings. The van der Waals surface area contributed by atoms with Crippen LogP contribution in [0.4, 0.5) is 0 Å². The maximum absolute atomic E-state index is 8.58. The molecule has 21 heavy (non-hydrogen) atoms. The van der Waals surface area contributed by atoms with Gasteiger partial charge in [-0.3, -0.25) is 0 Å². The summed E-state index contributed by atoms with van der Waals surface area (Å²) < 4.78 is 0. The molecular weight excluding hydrogens is 482 g/mol. The van der Waals surface area contributed by atoms with Crippen LogP contribution in [-0.2, 0) is 17.1 Å². The quantitative estimate of drug-likeness (QED) is 0.289. The predicted octanol–water partition coefficient (Wildman–Crippen LogP) is -17.8. The first-order valence-corrected chi connectivity index (χ1v) is 7.35. The van der Waals surface area contributed by atoms with E-state index >= 15 is 0 Å². The van der Waals surface area contributed by atoms with E-state index in [0.29, 0.717) is 0 Å². The minimum atomic E-state index is -5.61.